The van der Waals surface area contributed by atoms with Crippen molar-refractivity contribution in [1.82, 2.24) is 15.1 Å². The third-order valence-electron chi connectivity index (χ3n) is 5.66. The van der Waals surface area contributed by atoms with Crippen molar-refractivity contribution in [1.29, 1.82) is 0 Å². The second kappa shape index (κ2) is 9.78. The molecule has 6 nitrogen and oxygen atoms in total. The van der Waals surface area contributed by atoms with Gasteiger partial charge in [-0.1, -0.05) is 12.1 Å². The van der Waals surface area contributed by atoms with Gasteiger partial charge in [0, 0.05) is 31.1 Å². The summed E-state index contributed by atoms with van der Waals surface area (Å²) < 4.78 is 19.4. The molecule has 2 atom stereocenters. The van der Waals surface area contributed by atoms with Gasteiger partial charge in [-0.3, -0.25) is 4.79 Å². The number of carbonyl (C=O) groups excluding carboxylic acids is 1. The molecule has 1 fully saturated rings. The maximum Gasteiger partial charge on any atom is 0.244 e. The number of morpholine rings is 1. The monoisotopic (exact) mass is 444 g/mol. The van der Waals surface area contributed by atoms with E-state index in [0.29, 0.717) is 32.1 Å². The highest BCUT2D eigenvalue weighted by Gasteiger charge is 2.29. The Morgan fingerprint density at radius 1 is 1.26 bits per heavy atom. The van der Waals surface area contributed by atoms with Gasteiger partial charge in [-0.05, 0) is 55.0 Å². The Morgan fingerprint density at radius 3 is 2.84 bits per heavy atom. The Hall–Kier alpha value is -2.45. The lowest BCUT2D eigenvalue weighted by Crippen LogP contribution is -2.51. The Balaban J connectivity index is 1.43. The number of nitrogens with one attached hydrogen (secondary N) is 1. The van der Waals surface area contributed by atoms with Crippen LogP contribution in [-0.2, 0) is 22.5 Å². The van der Waals surface area contributed by atoms with E-state index in [1.165, 1.54) is 22.6 Å². The van der Waals surface area contributed by atoms with Crippen LogP contribution in [-0.4, -0.2) is 60.5 Å². The van der Waals surface area contributed by atoms with Gasteiger partial charge in [0.1, 0.15) is 18.5 Å². The predicted octanol–water partition coefficient (Wildman–Crippen LogP) is 3.20. The first-order chi connectivity index (χ1) is 15.0. The van der Waals surface area contributed by atoms with E-state index >= 15 is 0 Å². The van der Waals surface area contributed by atoms with Crippen molar-refractivity contribution >= 4 is 23.2 Å². The zero-order chi connectivity index (χ0) is 21.8. The first-order valence-electron chi connectivity index (χ1n) is 10.8. The van der Waals surface area contributed by atoms with E-state index in [1.54, 1.807) is 23.5 Å². The van der Waals surface area contributed by atoms with Gasteiger partial charge in [-0.25, -0.2) is 9.38 Å². The van der Waals surface area contributed by atoms with Crippen molar-refractivity contribution in [2.24, 2.45) is 4.99 Å². The first kappa shape index (κ1) is 21.8. The molecule has 166 valence electrons. The van der Waals surface area contributed by atoms with Crippen LogP contribution in [0.15, 0.2) is 40.7 Å². The molecule has 8 heteroatoms. The zero-order valence-electron chi connectivity index (χ0n) is 18.0. The summed E-state index contributed by atoms with van der Waals surface area (Å²) in [6.45, 7) is 7.56. The van der Waals surface area contributed by atoms with Gasteiger partial charge in [0.05, 0.1) is 12.6 Å². The van der Waals surface area contributed by atoms with Gasteiger partial charge in [0.2, 0.25) is 5.91 Å². The summed E-state index contributed by atoms with van der Waals surface area (Å²) in [5.74, 6) is 0.500. The number of fused-ring (bicyclic) bond motifs is 1. The highest BCUT2D eigenvalue weighted by molar-refractivity contribution is 7.10. The summed E-state index contributed by atoms with van der Waals surface area (Å²) in [5, 5.41) is 5.41. The van der Waals surface area contributed by atoms with Crippen molar-refractivity contribution in [2.75, 3.05) is 32.7 Å². The Morgan fingerprint density at radius 2 is 2.06 bits per heavy atom. The summed E-state index contributed by atoms with van der Waals surface area (Å²) in [6.07, 6.45) is 0.730. The second-order valence-electron chi connectivity index (χ2n) is 8.00. The van der Waals surface area contributed by atoms with Gasteiger partial charge in [0.15, 0.2) is 5.96 Å². The summed E-state index contributed by atoms with van der Waals surface area (Å²) in [6, 6.07) is 8.55. The average molecular weight is 445 g/mol. The molecular weight excluding hydrogens is 415 g/mol. The maximum atomic E-state index is 13.3. The minimum atomic E-state index is -0.259. The average Bonchev–Trinajstić information content (AvgIpc) is 3.24. The van der Waals surface area contributed by atoms with Gasteiger partial charge in [-0.2, -0.15) is 0 Å². The van der Waals surface area contributed by atoms with E-state index in [-0.39, 0.29) is 30.5 Å². The molecule has 1 N–H and O–H groups in total. The predicted molar refractivity (Wildman–Crippen MR) is 121 cm³/mol. The molecule has 2 aliphatic rings. The lowest BCUT2D eigenvalue weighted by atomic mass is 10.1. The van der Waals surface area contributed by atoms with Crippen molar-refractivity contribution in [2.45, 2.75) is 39.0 Å². The van der Waals surface area contributed by atoms with Crippen molar-refractivity contribution in [3.63, 3.8) is 0 Å². The number of hydrogen-bond acceptors (Lipinski definition) is 4. The summed E-state index contributed by atoms with van der Waals surface area (Å²) in [4.78, 5) is 22.9. The lowest BCUT2D eigenvalue weighted by Gasteiger charge is -2.38. The van der Waals surface area contributed by atoms with Crippen molar-refractivity contribution < 1.29 is 13.9 Å². The SMILES string of the molecule is CCNC(=NCC(=O)N1CCc2sccc2C1)N1CC(C)OC(c2ccc(F)cc2)C1. The highest BCUT2D eigenvalue weighted by Crippen LogP contribution is 2.26. The molecule has 1 aromatic heterocycles. The molecule has 31 heavy (non-hydrogen) atoms. The van der Waals surface area contributed by atoms with Crippen LogP contribution in [0.1, 0.15) is 36.0 Å². The largest absolute Gasteiger partial charge is 0.367 e. The van der Waals surface area contributed by atoms with Crippen LogP contribution in [0, 0.1) is 5.82 Å². The molecule has 0 saturated carbocycles. The number of guanidine groups is 1. The lowest BCUT2D eigenvalue weighted by molar-refractivity contribution is -0.130. The van der Waals surface area contributed by atoms with E-state index in [4.69, 9.17) is 4.74 Å². The zero-order valence-corrected chi connectivity index (χ0v) is 18.8. The number of aliphatic imine (C=N–C) groups is 1. The molecule has 1 saturated heterocycles. The molecule has 0 spiro atoms. The molecule has 2 aliphatic heterocycles. The second-order valence-corrected chi connectivity index (χ2v) is 9.00. The summed E-state index contributed by atoms with van der Waals surface area (Å²) in [5.41, 5.74) is 2.19. The Labute approximate surface area is 186 Å². The molecule has 2 aromatic rings. The summed E-state index contributed by atoms with van der Waals surface area (Å²) >= 11 is 1.77. The van der Waals surface area contributed by atoms with Gasteiger partial charge < -0.3 is 19.9 Å². The molecule has 0 radical (unpaired) electrons. The Kier molecular flexibility index (Phi) is 6.87. The number of halogens is 1. The number of nitrogens with zero attached hydrogens (tertiary/aromatic N) is 3. The molecular formula is C23H29FN4O2S. The van der Waals surface area contributed by atoms with E-state index in [9.17, 15) is 9.18 Å². The van der Waals surface area contributed by atoms with E-state index in [1.807, 2.05) is 18.7 Å². The first-order valence-corrected chi connectivity index (χ1v) is 11.7. The normalized spacial score (nSPS) is 21.7. The smallest absolute Gasteiger partial charge is 0.244 e. The number of amides is 1. The fourth-order valence-electron chi connectivity index (χ4n) is 4.12. The molecule has 0 bridgehead atoms. The van der Waals surface area contributed by atoms with Gasteiger partial charge in [-0.15, -0.1) is 11.3 Å². The highest BCUT2D eigenvalue weighted by atomic mass is 32.1. The number of ether oxygens (including phenoxy) is 1. The van der Waals surface area contributed by atoms with Crippen LogP contribution in [0.25, 0.3) is 0 Å². The van der Waals surface area contributed by atoms with Crippen LogP contribution in [0.4, 0.5) is 4.39 Å². The fraction of sp³-hybridized carbons (Fsp3) is 0.478. The standard InChI is InChI=1S/C23H29FN4O2S/c1-3-25-23(26-12-22(29)27-10-8-21-18(14-27)9-11-31-21)28-13-16(2)30-20(15-28)17-4-6-19(24)7-5-17/h4-7,9,11,16,20H,3,8,10,12-15H2,1-2H3,(H,25,26). The van der Waals surface area contributed by atoms with Crippen LogP contribution in [0.5, 0.6) is 0 Å². The van der Waals surface area contributed by atoms with Crippen LogP contribution >= 0.6 is 11.3 Å². The third-order valence-corrected chi connectivity index (χ3v) is 6.68. The minimum Gasteiger partial charge on any atom is -0.367 e. The summed E-state index contributed by atoms with van der Waals surface area (Å²) in [7, 11) is 0. The van der Waals surface area contributed by atoms with E-state index < -0.39 is 0 Å². The van der Waals surface area contributed by atoms with Crippen LogP contribution in [0.2, 0.25) is 0 Å². The van der Waals surface area contributed by atoms with Gasteiger partial charge in [0.25, 0.3) is 0 Å². The number of hydrogen-bond donors (Lipinski definition) is 1. The molecule has 0 aliphatic carbocycles. The molecule has 3 heterocycles. The van der Waals surface area contributed by atoms with Crippen molar-refractivity contribution in [3.05, 3.63) is 57.5 Å². The van der Waals surface area contributed by atoms with Crippen LogP contribution < -0.4 is 5.32 Å². The maximum absolute atomic E-state index is 13.3. The van der Waals surface area contributed by atoms with E-state index in [0.717, 1.165) is 18.5 Å². The fourth-order valence-corrected chi connectivity index (χ4v) is 5.01. The number of benzene rings is 1. The molecule has 1 amide bonds. The Bertz CT molecular complexity index is 930. The molecule has 2 unspecified atom stereocenters. The minimum absolute atomic E-state index is 0.0116. The number of thiophene rings is 1. The number of carbonyl (C=O) groups is 1. The van der Waals surface area contributed by atoms with E-state index in [2.05, 4.69) is 26.7 Å². The topological polar surface area (TPSA) is 57.2 Å². The van der Waals surface area contributed by atoms with Crippen LogP contribution in [0.3, 0.4) is 0 Å². The van der Waals surface area contributed by atoms with Gasteiger partial charge >= 0.3 is 0 Å². The van der Waals surface area contributed by atoms with Crippen molar-refractivity contribution in [3.8, 4) is 0 Å². The quantitative estimate of drug-likeness (QED) is 0.581. The molecule has 1 aromatic carbocycles. The number of rotatable bonds is 4. The third kappa shape index (κ3) is 5.25. The molecule has 4 rings (SSSR count).